The van der Waals surface area contributed by atoms with Gasteiger partial charge in [0.25, 0.3) is 0 Å². The summed E-state index contributed by atoms with van der Waals surface area (Å²) in [4.78, 5) is 6.78. The maximum absolute atomic E-state index is 6.19. The zero-order chi connectivity index (χ0) is 14.2. The maximum Gasteiger partial charge on any atom is 0.196 e. The van der Waals surface area contributed by atoms with Crippen LogP contribution in [0.4, 0.5) is 5.69 Å². The lowest BCUT2D eigenvalue weighted by molar-refractivity contribution is 0.0459. The Bertz CT molecular complexity index is 528. The Hall–Kier alpha value is -1.55. The van der Waals surface area contributed by atoms with E-state index in [4.69, 9.17) is 10.5 Å². The number of nitrogens with zero attached hydrogens (tertiary/aromatic N) is 2. The van der Waals surface area contributed by atoms with Gasteiger partial charge in [0.2, 0.25) is 0 Å². The minimum Gasteiger partial charge on any atom is -0.381 e. The van der Waals surface area contributed by atoms with Gasteiger partial charge in [-0.15, -0.1) is 0 Å². The number of aryl methyl sites for hydroxylation is 1. The molecule has 108 valence electrons. The minimum absolute atomic E-state index is 0.0107. The van der Waals surface area contributed by atoms with E-state index in [1.54, 1.807) is 7.11 Å². The van der Waals surface area contributed by atoms with E-state index in [9.17, 15) is 0 Å². The normalized spacial score (nSPS) is 29.8. The van der Waals surface area contributed by atoms with E-state index >= 15 is 0 Å². The predicted molar refractivity (Wildman–Crippen MR) is 82.1 cm³/mol. The topological polar surface area (TPSA) is 50.9 Å². The minimum atomic E-state index is 0.0107. The molecule has 2 unspecified atom stereocenters. The highest BCUT2D eigenvalue weighted by atomic mass is 16.5. The van der Waals surface area contributed by atoms with E-state index in [2.05, 4.69) is 41.1 Å². The van der Waals surface area contributed by atoms with E-state index in [0.717, 1.165) is 31.5 Å². The average Bonchev–Trinajstić information content (AvgIpc) is 2.75. The summed E-state index contributed by atoms with van der Waals surface area (Å²) in [5.41, 5.74) is 8.60. The van der Waals surface area contributed by atoms with Crippen molar-refractivity contribution in [2.24, 2.45) is 10.7 Å². The Morgan fingerprint density at radius 1 is 1.45 bits per heavy atom. The number of guanidine groups is 1. The second-order valence-corrected chi connectivity index (χ2v) is 6.03. The van der Waals surface area contributed by atoms with Crippen molar-refractivity contribution in [3.8, 4) is 0 Å². The number of rotatable bonds is 2. The molecule has 1 fully saturated rings. The van der Waals surface area contributed by atoms with E-state index in [-0.39, 0.29) is 5.54 Å². The maximum atomic E-state index is 6.19. The van der Waals surface area contributed by atoms with Gasteiger partial charge in [-0.05, 0) is 50.3 Å². The second kappa shape index (κ2) is 5.09. The molecule has 1 aromatic rings. The van der Waals surface area contributed by atoms with Crippen LogP contribution < -0.4 is 10.6 Å². The number of anilines is 1. The van der Waals surface area contributed by atoms with Crippen LogP contribution in [0.1, 0.15) is 31.2 Å². The first-order chi connectivity index (χ1) is 9.64. The lowest BCUT2D eigenvalue weighted by atomic mass is 9.79. The first kappa shape index (κ1) is 13.4. The number of aliphatic imine (C=N–C) groups is 1. The highest BCUT2D eigenvalue weighted by molar-refractivity contribution is 5.98. The fourth-order valence-electron chi connectivity index (χ4n) is 3.62. The van der Waals surface area contributed by atoms with Crippen molar-refractivity contribution in [3.63, 3.8) is 0 Å². The third kappa shape index (κ3) is 2.18. The molecule has 0 bridgehead atoms. The molecule has 1 spiro atoms. The number of ether oxygens (including phenoxy) is 1. The summed E-state index contributed by atoms with van der Waals surface area (Å²) >= 11 is 0. The van der Waals surface area contributed by atoms with E-state index in [1.165, 1.54) is 12.0 Å². The summed E-state index contributed by atoms with van der Waals surface area (Å²) in [5, 5.41) is 0. The van der Waals surface area contributed by atoms with Crippen LogP contribution in [0.5, 0.6) is 0 Å². The standard InChI is InChI=1S/C16H23N3O/c1-12-5-3-6-13(9-12)19-15(17)18-11-16(19)8-4-7-14(10-16)20-2/h3,5-6,9,14H,4,7-8,10-11H2,1-2H3,(H2,17,18). The molecule has 4 heteroatoms. The molecule has 1 saturated carbocycles. The summed E-state index contributed by atoms with van der Waals surface area (Å²) in [6.07, 6.45) is 4.76. The SMILES string of the molecule is COC1CCCC2(CN=C(N)N2c2cccc(C)c2)C1. The molecule has 0 radical (unpaired) electrons. The van der Waals surface area contributed by atoms with E-state index in [1.807, 2.05) is 0 Å². The van der Waals surface area contributed by atoms with E-state index < -0.39 is 0 Å². The van der Waals surface area contributed by atoms with Crippen molar-refractivity contribution >= 4 is 11.6 Å². The zero-order valence-corrected chi connectivity index (χ0v) is 12.3. The van der Waals surface area contributed by atoms with Gasteiger partial charge in [0.05, 0.1) is 18.2 Å². The molecule has 0 saturated heterocycles. The van der Waals surface area contributed by atoms with Crippen molar-refractivity contribution in [2.75, 3.05) is 18.6 Å². The molecule has 1 aliphatic heterocycles. The molecule has 2 atom stereocenters. The van der Waals surface area contributed by atoms with Crippen molar-refractivity contribution in [1.29, 1.82) is 0 Å². The number of nitrogens with two attached hydrogens (primary N) is 1. The van der Waals surface area contributed by atoms with Crippen LogP contribution in [0.2, 0.25) is 0 Å². The molecule has 4 nitrogen and oxygen atoms in total. The summed E-state index contributed by atoms with van der Waals surface area (Å²) in [6.45, 7) is 2.89. The van der Waals surface area contributed by atoms with Gasteiger partial charge in [0, 0.05) is 12.8 Å². The van der Waals surface area contributed by atoms with Crippen LogP contribution in [0, 0.1) is 6.92 Å². The van der Waals surface area contributed by atoms with Crippen LogP contribution in [0.15, 0.2) is 29.3 Å². The molecule has 2 N–H and O–H groups in total. The number of benzene rings is 1. The van der Waals surface area contributed by atoms with Crippen molar-refractivity contribution in [2.45, 2.75) is 44.2 Å². The Kier molecular flexibility index (Phi) is 3.42. The molecule has 1 heterocycles. The van der Waals surface area contributed by atoms with Gasteiger partial charge in [-0.2, -0.15) is 0 Å². The van der Waals surface area contributed by atoms with Crippen molar-refractivity contribution < 1.29 is 4.74 Å². The molecule has 3 rings (SSSR count). The van der Waals surface area contributed by atoms with Crippen LogP contribution in [0.25, 0.3) is 0 Å². The predicted octanol–water partition coefficient (Wildman–Crippen LogP) is 2.46. The fraction of sp³-hybridized carbons (Fsp3) is 0.562. The first-order valence-corrected chi connectivity index (χ1v) is 7.34. The van der Waals surface area contributed by atoms with Crippen molar-refractivity contribution in [1.82, 2.24) is 0 Å². The molecule has 0 amide bonds. The third-order valence-corrected chi connectivity index (χ3v) is 4.61. The highest BCUT2D eigenvalue weighted by Crippen LogP contribution is 2.40. The van der Waals surface area contributed by atoms with Crippen molar-refractivity contribution in [3.05, 3.63) is 29.8 Å². The molecule has 20 heavy (non-hydrogen) atoms. The van der Waals surface area contributed by atoms with Gasteiger partial charge >= 0.3 is 0 Å². The zero-order valence-electron chi connectivity index (χ0n) is 12.3. The molecule has 1 aromatic carbocycles. The van der Waals surface area contributed by atoms with Crippen LogP contribution >= 0.6 is 0 Å². The quantitative estimate of drug-likeness (QED) is 0.900. The van der Waals surface area contributed by atoms with Gasteiger partial charge in [-0.1, -0.05) is 12.1 Å². The Morgan fingerprint density at radius 2 is 2.30 bits per heavy atom. The Balaban J connectivity index is 1.95. The third-order valence-electron chi connectivity index (χ3n) is 4.61. The number of hydrogen-bond acceptors (Lipinski definition) is 4. The van der Waals surface area contributed by atoms with Gasteiger partial charge in [-0.3, -0.25) is 4.99 Å². The van der Waals surface area contributed by atoms with Crippen LogP contribution in [-0.2, 0) is 4.74 Å². The lowest BCUT2D eigenvalue weighted by Crippen LogP contribution is -2.55. The smallest absolute Gasteiger partial charge is 0.196 e. The second-order valence-electron chi connectivity index (χ2n) is 6.03. The van der Waals surface area contributed by atoms with Gasteiger partial charge < -0.3 is 15.4 Å². The highest BCUT2D eigenvalue weighted by Gasteiger charge is 2.46. The summed E-state index contributed by atoms with van der Waals surface area (Å²) in [7, 11) is 1.81. The Morgan fingerprint density at radius 3 is 3.05 bits per heavy atom. The van der Waals surface area contributed by atoms with Gasteiger partial charge in [-0.25, -0.2) is 0 Å². The number of hydrogen-bond donors (Lipinski definition) is 1. The molecular weight excluding hydrogens is 250 g/mol. The monoisotopic (exact) mass is 273 g/mol. The lowest BCUT2D eigenvalue weighted by Gasteiger charge is -2.44. The summed E-state index contributed by atoms with van der Waals surface area (Å²) in [5.74, 6) is 0.646. The molecule has 1 aliphatic carbocycles. The molecule has 0 aromatic heterocycles. The van der Waals surface area contributed by atoms with Crippen LogP contribution in [0.3, 0.4) is 0 Å². The fourth-order valence-corrected chi connectivity index (χ4v) is 3.62. The summed E-state index contributed by atoms with van der Waals surface area (Å²) in [6, 6.07) is 8.50. The van der Waals surface area contributed by atoms with E-state index in [0.29, 0.717) is 12.1 Å². The largest absolute Gasteiger partial charge is 0.381 e. The van der Waals surface area contributed by atoms with Gasteiger partial charge in [0.1, 0.15) is 0 Å². The van der Waals surface area contributed by atoms with Gasteiger partial charge in [0.15, 0.2) is 5.96 Å². The Labute approximate surface area is 120 Å². The van der Waals surface area contributed by atoms with Crippen LogP contribution in [-0.4, -0.2) is 31.3 Å². The average molecular weight is 273 g/mol. The first-order valence-electron chi connectivity index (χ1n) is 7.34. The molecular formula is C16H23N3O. The number of methoxy groups -OCH3 is 1. The summed E-state index contributed by atoms with van der Waals surface area (Å²) < 4.78 is 5.60. The molecule has 2 aliphatic rings.